The fraction of sp³-hybridized carbons (Fsp3) is 0.250. The van der Waals surface area contributed by atoms with Crippen molar-refractivity contribution in [2.24, 2.45) is 0 Å². The largest absolute Gasteiger partial charge is 0.383 e. The first-order chi connectivity index (χ1) is 21.2. The van der Waals surface area contributed by atoms with Crippen molar-refractivity contribution in [2.75, 3.05) is 23.7 Å². The molecule has 1 saturated heterocycles. The molecule has 214 valence electrons. The highest BCUT2D eigenvalue weighted by molar-refractivity contribution is 5.83. The van der Waals surface area contributed by atoms with Crippen LogP contribution in [-0.4, -0.2) is 58.6 Å². The first-order valence-electron chi connectivity index (χ1n) is 14.7. The molecule has 2 aliphatic rings. The van der Waals surface area contributed by atoms with E-state index in [1.54, 1.807) is 18.6 Å². The molecular formula is C32H31N11. The normalized spacial score (nSPS) is 17.0. The molecule has 0 unspecified atom stereocenters. The van der Waals surface area contributed by atoms with E-state index in [1.165, 1.54) is 15.9 Å². The second-order valence-corrected chi connectivity index (χ2v) is 11.1. The van der Waals surface area contributed by atoms with Crippen LogP contribution >= 0.6 is 0 Å². The van der Waals surface area contributed by atoms with Crippen molar-refractivity contribution >= 4 is 22.8 Å². The second kappa shape index (κ2) is 10.6. The molecule has 11 heteroatoms. The summed E-state index contributed by atoms with van der Waals surface area (Å²) in [7, 11) is 0. The van der Waals surface area contributed by atoms with Crippen LogP contribution in [0.25, 0.3) is 34.1 Å². The maximum Gasteiger partial charge on any atom is 0.176 e. The van der Waals surface area contributed by atoms with Crippen LogP contribution in [0.4, 0.5) is 11.6 Å². The molecule has 1 atom stereocenters. The molecule has 1 fully saturated rings. The quantitative estimate of drug-likeness (QED) is 0.302. The average molecular weight is 570 g/mol. The molecule has 0 saturated carbocycles. The minimum absolute atomic E-state index is 0.346. The highest BCUT2D eigenvalue weighted by Crippen LogP contribution is 2.36. The topological polar surface area (TPSA) is 128 Å². The Bertz CT molecular complexity index is 1890. The van der Waals surface area contributed by atoms with E-state index in [4.69, 9.17) is 15.7 Å². The first-order valence-corrected chi connectivity index (χ1v) is 14.7. The Labute approximate surface area is 248 Å². The van der Waals surface area contributed by atoms with Gasteiger partial charge in [-0.25, -0.2) is 19.9 Å². The summed E-state index contributed by atoms with van der Waals surface area (Å²) < 4.78 is 2.07. The number of imidazole rings is 1. The second-order valence-electron chi connectivity index (χ2n) is 11.1. The Kier molecular flexibility index (Phi) is 6.29. The summed E-state index contributed by atoms with van der Waals surface area (Å²) in [5.41, 5.74) is 12.3. The molecule has 6 aromatic rings. The van der Waals surface area contributed by atoms with Crippen molar-refractivity contribution in [3.8, 4) is 22.9 Å². The van der Waals surface area contributed by atoms with Gasteiger partial charge in [0.2, 0.25) is 0 Å². The van der Waals surface area contributed by atoms with Gasteiger partial charge in [-0.2, -0.15) is 10.2 Å². The summed E-state index contributed by atoms with van der Waals surface area (Å²) in [6.07, 6.45) is 11.2. The number of piperidine rings is 1. The number of nitrogens with two attached hydrogens (primary N) is 1. The fourth-order valence-electron chi connectivity index (χ4n) is 6.44. The number of pyridine rings is 3. The van der Waals surface area contributed by atoms with Crippen LogP contribution in [-0.2, 0) is 6.42 Å². The molecule has 0 bridgehead atoms. The lowest BCUT2D eigenvalue weighted by Gasteiger charge is -2.34. The smallest absolute Gasteiger partial charge is 0.176 e. The SMILES string of the molecule is Nc1ncccc1-c1nc2ccc(-n3nccn3)nc2n1-c1ccc2c(c1)CC[C@@H]2NC1CCN(c2ccccn2)CC1. The van der Waals surface area contributed by atoms with Gasteiger partial charge in [-0.05, 0) is 85.3 Å². The highest BCUT2D eigenvalue weighted by atomic mass is 15.5. The van der Waals surface area contributed by atoms with E-state index < -0.39 is 0 Å². The van der Waals surface area contributed by atoms with Crippen molar-refractivity contribution < 1.29 is 0 Å². The maximum absolute atomic E-state index is 6.34. The molecule has 0 radical (unpaired) electrons. The number of aryl methyl sites for hydroxylation is 1. The number of benzene rings is 1. The Balaban J connectivity index is 1.11. The molecule has 3 N–H and O–H groups in total. The van der Waals surface area contributed by atoms with Crippen LogP contribution < -0.4 is 16.0 Å². The number of anilines is 2. The Hall–Kier alpha value is -5.16. The summed E-state index contributed by atoms with van der Waals surface area (Å²) in [5, 5.41) is 12.5. The third kappa shape index (κ3) is 4.67. The van der Waals surface area contributed by atoms with E-state index in [1.807, 2.05) is 36.5 Å². The molecule has 43 heavy (non-hydrogen) atoms. The van der Waals surface area contributed by atoms with Gasteiger partial charge in [0.05, 0.1) is 18.0 Å². The van der Waals surface area contributed by atoms with E-state index in [9.17, 15) is 0 Å². The maximum atomic E-state index is 6.34. The minimum Gasteiger partial charge on any atom is -0.383 e. The standard InChI is InChI=1S/C32H31N11/c33-30-25(4-3-15-35-30)31-39-27-10-11-29(43-36-16-17-37-43)40-32(27)42(31)23-7-8-24-21(20-23)6-9-26(24)38-22-12-18-41(19-13-22)28-5-1-2-14-34-28/h1-5,7-8,10-11,14-17,20,22,26,38H,6,9,12-13,18-19H2,(H2,33,35)/t26-/m0/s1. The van der Waals surface area contributed by atoms with Gasteiger partial charge in [-0.3, -0.25) is 4.57 Å². The van der Waals surface area contributed by atoms with E-state index in [-0.39, 0.29) is 0 Å². The molecule has 1 aliphatic carbocycles. The van der Waals surface area contributed by atoms with E-state index >= 15 is 0 Å². The van der Waals surface area contributed by atoms with Gasteiger partial charge >= 0.3 is 0 Å². The number of aromatic nitrogens is 8. The number of hydrogen-bond donors (Lipinski definition) is 2. The van der Waals surface area contributed by atoms with Gasteiger partial charge in [0, 0.05) is 43.3 Å². The van der Waals surface area contributed by atoms with Crippen LogP contribution in [0, 0.1) is 0 Å². The van der Waals surface area contributed by atoms with Crippen molar-refractivity contribution in [1.82, 2.24) is 44.8 Å². The summed E-state index contributed by atoms with van der Waals surface area (Å²) in [6, 6.07) is 21.3. The van der Waals surface area contributed by atoms with E-state index in [2.05, 4.69) is 65.3 Å². The number of hydrogen-bond acceptors (Lipinski definition) is 9. The molecule has 0 spiro atoms. The lowest BCUT2D eigenvalue weighted by molar-refractivity contribution is 0.367. The molecule has 1 aromatic carbocycles. The summed E-state index contributed by atoms with van der Waals surface area (Å²) in [5.74, 6) is 2.81. The number of nitrogen functional groups attached to an aromatic ring is 1. The van der Waals surface area contributed by atoms with Crippen LogP contribution in [0.5, 0.6) is 0 Å². The molecule has 6 heterocycles. The van der Waals surface area contributed by atoms with Crippen LogP contribution in [0.3, 0.4) is 0 Å². The zero-order chi connectivity index (χ0) is 28.8. The fourth-order valence-corrected chi connectivity index (χ4v) is 6.44. The van der Waals surface area contributed by atoms with E-state index in [0.29, 0.717) is 35.2 Å². The van der Waals surface area contributed by atoms with Gasteiger partial charge in [0.1, 0.15) is 17.2 Å². The van der Waals surface area contributed by atoms with Gasteiger partial charge in [0.25, 0.3) is 0 Å². The Morgan fingerprint density at radius 1 is 0.791 bits per heavy atom. The molecular weight excluding hydrogens is 538 g/mol. The zero-order valence-corrected chi connectivity index (χ0v) is 23.6. The van der Waals surface area contributed by atoms with Gasteiger partial charge < -0.3 is 16.0 Å². The third-order valence-corrected chi connectivity index (χ3v) is 8.56. The number of rotatable bonds is 6. The Morgan fingerprint density at radius 2 is 1.65 bits per heavy atom. The van der Waals surface area contributed by atoms with Gasteiger partial charge in [-0.1, -0.05) is 12.1 Å². The predicted octanol–water partition coefficient (Wildman–Crippen LogP) is 4.29. The molecule has 11 nitrogen and oxygen atoms in total. The number of fused-ring (bicyclic) bond motifs is 2. The van der Waals surface area contributed by atoms with E-state index in [0.717, 1.165) is 61.4 Å². The molecule has 1 aliphatic heterocycles. The first kappa shape index (κ1) is 25.5. The lowest BCUT2D eigenvalue weighted by Crippen LogP contribution is -2.43. The molecule has 8 rings (SSSR count). The van der Waals surface area contributed by atoms with Crippen molar-refractivity contribution in [1.29, 1.82) is 0 Å². The van der Waals surface area contributed by atoms with Crippen molar-refractivity contribution in [3.05, 3.63) is 96.6 Å². The van der Waals surface area contributed by atoms with Gasteiger partial charge in [0.15, 0.2) is 17.3 Å². The summed E-state index contributed by atoms with van der Waals surface area (Å²) in [6.45, 7) is 2.04. The Morgan fingerprint density at radius 3 is 2.47 bits per heavy atom. The summed E-state index contributed by atoms with van der Waals surface area (Å²) in [4.78, 5) is 22.7. The lowest BCUT2D eigenvalue weighted by atomic mass is 10.0. The number of nitrogens with zero attached hydrogens (tertiary/aromatic N) is 9. The van der Waals surface area contributed by atoms with Gasteiger partial charge in [-0.15, -0.1) is 4.80 Å². The third-order valence-electron chi connectivity index (χ3n) is 8.56. The average Bonchev–Trinajstić information content (AvgIpc) is 3.81. The molecule has 5 aromatic heterocycles. The van der Waals surface area contributed by atoms with Crippen LogP contribution in [0.15, 0.2) is 85.5 Å². The number of nitrogens with one attached hydrogen (secondary N) is 1. The minimum atomic E-state index is 0.346. The highest BCUT2D eigenvalue weighted by Gasteiger charge is 2.28. The zero-order valence-electron chi connectivity index (χ0n) is 23.6. The summed E-state index contributed by atoms with van der Waals surface area (Å²) >= 11 is 0. The van der Waals surface area contributed by atoms with Crippen LogP contribution in [0.1, 0.15) is 36.4 Å². The van der Waals surface area contributed by atoms with Crippen LogP contribution in [0.2, 0.25) is 0 Å². The van der Waals surface area contributed by atoms with Crippen molar-refractivity contribution in [3.63, 3.8) is 0 Å². The van der Waals surface area contributed by atoms with Crippen molar-refractivity contribution in [2.45, 2.75) is 37.8 Å². The monoisotopic (exact) mass is 569 g/mol. The molecule has 0 amide bonds. The predicted molar refractivity (Wildman–Crippen MR) is 165 cm³/mol.